The highest BCUT2D eigenvalue weighted by Crippen LogP contribution is 2.40. The van der Waals surface area contributed by atoms with E-state index in [9.17, 15) is 13.9 Å². The van der Waals surface area contributed by atoms with Crippen molar-refractivity contribution in [3.05, 3.63) is 47.1 Å². The number of rotatable bonds is 8. The fraction of sp³-hybridized carbons (Fsp3) is 0.536. The molecule has 11 heteroatoms. The maximum atomic E-state index is 13.8. The molecule has 2 saturated carbocycles. The predicted octanol–water partition coefficient (Wildman–Crippen LogP) is 5.31. The highest BCUT2D eigenvalue weighted by Gasteiger charge is 2.38. The lowest BCUT2D eigenvalue weighted by atomic mass is 9.76. The molecule has 0 bridgehead atoms. The summed E-state index contributed by atoms with van der Waals surface area (Å²) in [5.74, 6) is -0.704. The minimum absolute atomic E-state index is 0.0114. The summed E-state index contributed by atoms with van der Waals surface area (Å²) >= 11 is 6.07. The summed E-state index contributed by atoms with van der Waals surface area (Å²) in [5.41, 5.74) is 7.80. The zero-order valence-corrected chi connectivity index (χ0v) is 22.9. The zero-order valence-electron chi connectivity index (χ0n) is 22.1. The van der Waals surface area contributed by atoms with Gasteiger partial charge in [0.15, 0.2) is 0 Å². The lowest BCUT2D eigenvalue weighted by molar-refractivity contribution is 0.0177. The molecule has 0 spiro atoms. The number of nitrogens with two attached hydrogens (primary N) is 1. The van der Waals surface area contributed by atoms with Gasteiger partial charge in [0.25, 0.3) is 5.92 Å². The second-order valence-electron chi connectivity index (χ2n) is 11.6. The summed E-state index contributed by atoms with van der Waals surface area (Å²) < 4.78 is 29.7. The van der Waals surface area contributed by atoms with E-state index in [0.717, 1.165) is 68.9 Å². The Morgan fingerprint density at radius 2 is 2.00 bits per heavy atom. The number of H-pyrrole nitrogens is 1. The van der Waals surface area contributed by atoms with Gasteiger partial charge in [-0.3, -0.25) is 0 Å². The van der Waals surface area contributed by atoms with Crippen molar-refractivity contribution in [1.82, 2.24) is 29.4 Å². The van der Waals surface area contributed by atoms with Crippen LogP contribution in [0.15, 0.2) is 30.7 Å². The van der Waals surface area contributed by atoms with Crippen molar-refractivity contribution < 1.29 is 13.9 Å². The number of imidazole rings is 1. The van der Waals surface area contributed by atoms with Gasteiger partial charge in [-0.2, -0.15) is 0 Å². The molecule has 0 saturated heterocycles. The molecule has 6 rings (SSSR count). The van der Waals surface area contributed by atoms with Crippen LogP contribution in [0, 0.1) is 11.8 Å². The number of anilines is 1. The molecule has 2 fully saturated rings. The summed E-state index contributed by atoms with van der Waals surface area (Å²) in [4.78, 5) is 18.7. The van der Waals surface area contributed by atoms with Gasteiger partial charge >= 0.3 is 0 Å². The first kappa shape index (κ1) is 26.4. The number of aliphatic hydroxyl groups excluding tert-OH is 1. The Kier molecular flexibility index (Phi) is 6.76. The number of hydrogen-bond donors (Lipinski definition) is 3. The molecule has 8 nitrogen and oxygen atoms in total. The van der Waals surface area contributed by atoms with Crippen LogP contribution < -0.4 is 5.73 Å². The topological polar surface area (TPSA) is 109 Å². The quantitative estimate of drug-likeness (QED) is 0.271. The predicted molar refractivity (Wildman–Crippen MR) is 148 cm³/mol. The lowest BCUT2D eigenvalue weighted by Crippen LogP contribution is -2.44. The minimum Gasteiger partial charge on any atom is -0.391 e. The summed E-state index contributed by atoms with van der Waals surface area (Å²) in [5, 5.41) is 11.7. The minimum atomic E-state index is -3.00. The summed E-state index contributed by atoms with van der Waals surface area (Å²) in [6.45, 7) is 1.81. The number of aliphatic hydroxyl groups is 1. The molecular formula is C28H34ClF2N7O. The van der Waals surface area contributed by atoms with E-state index in [-0.39, 0.29) is 16.6 Å². The number of hydrogen-bond acceptors (Lipinski definition) is 6. The van der Waals surface area contributed by atoms with Crippen molar-refractivity contribution >= 4 is 39.5 Å². The third-order valence-electron chi connectivity index (χ3n) is 8.75. The molecule has 0 amide bonds. The van der Waals surface area contributed by atoms with Crippen LogP contribution in [0.5, 0.6) is 0 Å². The molecule has 2 aliphatic carbocycles. The molecule has 208 valence electrons. The average molecular weight is 558 g/mol. The van der Waals surface area contributed by atoms with Gasteiger partial charge in [0.05, 0.1) is 33.6 Å². The molecule has 0 unspecified atom stereocenters. The fourth-order valence-corrected chi connectivity index (χ4v) is 6.86. The van der Waals surface area contributed by atoms with Crippen LogP contribution in [0.3, 0.4) is 0 Å². The smallest absolute Gasteiger partial charge is 0.272 e. The normalized spacial score (nSPS) is 25.7. The molecule has 3 aromatic heterocycles. The Morgan fingerprint density at radius 1 is 1.21 bits per heavy atom. The van der Waals surface area contributed by atoms with E-state index in [1.165, 1.54) is 18.5 Å². The standard InChI is InChI=1S/C28H34ClF2N7O/c1-28(30,31)19-11-21-22(12-20(19)29)36-25(35-21)4-3-15-7-17(8-15)37(2)13-16-9-23(24(39)10-16)38-6-5-18-26(32)33-14-34-27(18)38/h5-6,11-12,14-17,23-24,39H,3-4,7-10,13H2,1-2H3,(H,35,36)(H2,32,33,34)/t15-,16-,17+,23+,24+/m0/s1. The monoisotopic (exact) mass is 557 g/mol. The van der Waals surface area contributed by atoms with Crippen LogP contribution >= 0.6 is 11.6 Å². The largest absolute Gasteiger partial charge is 0.391 e. The molecule has 4 N–H and O–H groups in total. The van der Waals surface area contributed by atoms with Crippen molar-refractivity contribution in [1.29, 1.82) is 0 Å². The van der Waals surface area contributed by atoms with Crippen LogP contribution in [0.25, 0.3) is 22.1 Å². The van der Waals surface area contributed by atoms with Gasteiger partial charge in [0, 0.05) is 37.7 Å². The average Bonchev–Trinajstić information content (AvgIpc) is 3.53. The van der Waals surface area contributed by atoms with E-state index in [0.29, 0.717) is 34.7 Å². The Labute approximate surface area is 230 Å². The van der Waals surface area contributed by atoms with E-state index in [1.807, 2.05) is 12.3 Å². The van der Waals surface area contributed by atoms with Crippen LogP contribution in [-0.2, 0) is 12.3 Å². The molecular weight excluding hydrogens is 524 g/mol. The maximum absolute atomic E-state index is 13.8. The SMILES string of the molecule is CN(C[C@@H]1C[C@@H](O)[C@H](n2ccc3c(N)ncnc32)C1)[C@H]1C[C@@H](CCc2nc3cc(Cl)c(C(C)(F)F)cc3[nH]2)C1. The van der Waals surface area contributed by atoms with E-state index in [1.54, 1.807) is 0 Å². The lowest BCUT2D eigenvalue weighted by Gasteiger charge is -2.42. The second kappa shape index (κ2) is 9.98. The number of alkyl halides is 2. The zero-order chi connectivity index (χ0) is 27.5. The first-order valence-electron chi connectivity index (χ1n) is 13.6. The van der Waals surface area contributed by atoms with Crippen molar-refractivity contribution in [3.8, 4) is 0 Å². The maximum Gasteiger partial charge on any atom is 0.272 e. The number of halogens is 3. The van der Waals surface area contributed by atoms with E-state index >= 15 is 0 Å². The van der Waals surface area contributed by atoms with Crippen molar-refractivity contribution in [2.75, 3.05) is 19.3 Å². The molecule has 0 radical (unpaired) electrons. The summed E-state index contributed by atoms with van der Waals surface area (Å²) in [7, 11) is 2.18. The molecule has 3 atom stereocenters. The first-order valence-corrected chi connectivity index (χ1v) is 14.0. The molecule has 4 aromatic rings. The van der Waals surface area contributed by atoms with E-state index in [4.69, 9.17) is 17.3 Å². The molecule has 2 aliphatic rings. The van der Waals surface area contributed by atoms with Crippen LogP contribution in [0.2, 0.25) is 5.02 Å². The fourth-order valence-electron chi connectivity index (χ4n) is 6.53. The van der Waals surface area contributed by atoms with Gasteiger partial charge in [-0.15, -0.1) is 0 Å². The van der Waals surface area contributed by atoms with Crippen LogP contribution in [0.4, 0.5) is 14.6 Å². The highest BCUT2D eigenvalue weighted by atomic mass is 35.5. The Balaban J connectivity index is 0.998. The van der Waals surface area contributed by atoms with Gasteiger partial charge < -0.3 is 25.3 Å². The van der Waals surface area contributed by atoms with Crippen LogP contribution in [0.1, 0.15) is 56.5 Å². The van der Waals surface area contributed by atoms with Gasteiger partial charge in [0.1, 0.15) is 23.6 Å². The number of nitrogens with one attached hydrogen (secondary N) is 1. The number of fused-ring (bicyclic) bond motifs is 2. The number of benzene rings is 1. The molecule has 0 aliphatic heterocycles. The number of nitrogens with zero attached hydrogens (tertiary/aromatic N) is 5. The first-order chi connectivity index (χ1) is 18.6. The number of aryl methyl sites for hydroxylation is 1. The summed E-state index contributed by atoms with van der Waals surface area (Å²) in [6, 6.07) is 5.38. The number of nitrogen functional groups attached to an aromatic ring is 1. The number of aromatic amines is 1. The third kappa shape index (κ3) is 5.10. The Bertz CT molecular complexity index is 1490. The van der Waals surface area contributed by atoms with E-state index in [2.05, 4.69) is 36.5 Å². The Morgan fingerprint density at radius 3 is 2.77 bits per heavy atom. The Hall–Kier alpha value is -2.82. The van der Waals surface area contributed by atoms with Crippen molar-refractivity contribution in [3.63, 3.8) is 0 Å². The highest BCUT2D eigenvalue weighted by molar-refractivity contribution is 6.32. The molecule has 3 heterocycles. The third-order valence-corrected chi connectivity index (χ3v) is 9.07. The second-order valence-corrected chi connectivity index (χ2v) is 12.0. The van der Waals surface area contributed by atoms with Gasteiger partial charge in [-0.25, -0.2) is 23.7 Å². The number of aromatic nitrogens is 5. The molecule has 39 heavy (non-hydrogen) atoms. The van der Waals surface area contributed by atoms with Crippen LogP contribution in [-0.4, -0.2) is 60.2 Å². The van der Waals surface area contributed by atoms with Crippen molar-refractivity contribution in [2.45, 2.75) is 69.6 Å². The van der Waals surface area contributed by atoms with Gasteiger partial charge in [-0.05, 0) is 69.2 Å². The van der Waals surface area contributed by atoms with Crippen molar-refractivity contribution in [2.24, 2.45) is 11.8 Å². The van der Waals surface area contributed by atoms with Gasteiger partial charge in [-0.1, -0.05) is 11.6 Å². The van der Waals surface area contributed by atoms with Gasteiger partial charge in [0.2, 0.25) is 0 Å². The summed E-state index contributed by atoms with van der Waals surface area (Å²) in [6.07, 6.45) is 8.73. The van der Waals surface area contributed by atoms with E-state index < -0.39 is 12.0 Å². The molecule has 1 aromatic carbocycles.